The third-order valence-corrected chi connectivity index (χ3v) is 10.1. The second-order valence-electron chi connectivity index (χ2n) is 12.5. The van der Waals surface area contributed by atoms with Gasteiger partial charge in [-0.3, -0.25) is 0 Å². The van der Waals surface area contributed by atoms with Gasteiger partial charge in [0.1, 0.15) is 0 Å². The van der Waals surface area contributed by atoms with Crippen LogP contribution in [0.25, 0.3) is 0 Å². The second kappa shape index (κ2) is 11.9. The van der Waals surface area contributed by atoms with E-state index < -0.39 is 17.8 Å². The highest BCUT2D eigenvalue weighted by atomic mass is 16.3. The van der Waals surface area contributed by atoms with Gasteiger partial charge in [0.15, 0.2) is 0 Å². The van der Waals surface area contributed by atoms with Gasteiger partial charge in [-0.25, -0.2) is 0 Å². The van der Waals surface area contributed by atoms with E-state index in [0.29, 0.717) is 42.4 Å². The Labute approximate surface area is 204 Å². The van der Waals surface area contributed by atoms with E-state index in [0.717, 1.165) is 31.3 Å². The molecule has 0 aromatic heterocycles. The summed E-state index contributed by atoms with van der Waals surface area (Å²) in [6.07, 6.45) is 16.5. The molecule has 192 valence electrons. The Morgan fingerprint density at radius 3 is 2.24 bits per heavy atom. The molecule has 3 heteroatoms. The van der Waals surface area contributed by atoms with Gasteiger partial charge < -0.3 is 15.3 Å². The summed E-state index contributed by atoms with van der Waals surface area (Å²) in [6, 6.07) is 0. The van der Waals surface area contributed by atoms with Crippen molar-refractivity contribution in [2.75, 3.05) is 0 Å². The topological polar surface area (TPSA) is 60.7 Å². The quantitative estimate of drug-likeness (QED) is 0.304. The zero-order valence-electron chi connectivity index (χ0n) is 22.7. The summed E-state index contributed by atoms with van der Waals surface area (Å²) in [6.45, 7) is 16.5. The molecular weight excluding hydrogens is 408 g/mol. The molecule has 0 radical (unpaired) electrons. The fourth-order valence-electron chi connectivity index (χ4n) is 6.78. The van der Waals surface area contributed by atoms with E-state index in [9.17, 15) is 15.3 Å². The van der Waals surface area contributed by atoms with E-state index in [2.05, 4.69) is 66.7 Å². The smallest absolute Gasteiger partial charge is 0.0642 e. The van der Waals surface area contributed by atoms with E-state index in [4.69, 9.17) is 0 Å². The lowest BCUT2D eigenvalue weighted by Gasteiger charge is -2.46. The van der Waals surface area contributed by atoms with Crippen LogP contribution in [-0.4, -0.2) is 33.1 Å². The summed E-state index contributed by atoms with van der Waals surface area (Å²) < 4.78 is 0. The summed E-state index contributed by atoms with van der Waals surface area (Å²) in [7, 11) is 0. The van der Waals surface area contributed by atoms with Crippen molar-refractivity contribution in [3.05, 3.63) is 23.8 Å². The minimum atomic E-state index is -0.465. The van der Waals surface area contributed by atoms with Gasteiger partial charge in [0.2, 0.25) is 0 Å². The monoisotopic (exact) mass is 462 g/mol. The molecule has 3 nitrogen and oxygen atoms in total. The van der Waals surface area contributed by atoms with Gasteiger partial charge in [-0.05, 0) is 86.4 Å². The molecule has 1 unspecified atom stereocenters. The molecule has 0 aromatic rings. The highest BCUT2D eigenvalue weighted by Crippen LogP contribution is 2.61. The minimum absolute atomic E-state index is 0.234. The number of aliphatic hydroxyl groups excluding tert-OH is 2. The van der Waals surface area contributed by atoms with Crippen molar-refractivity contribution < 1.29 is 15.3 Å². The van der Waals surface area contributed by atoms with E-state index in [1.165, 1.54) is 25.7 Å². The molecule has 0 aliphatic heterocycles. The molecule has 6 atom stereocenters. The summed E-state index contributed by atoms with van der Waals surface area (Å²) in [5.41, 5.74) is 1.25. The minimum Gasteiger partial charge on any atom is -0.393 e. The van der Waals surface area contributed by atoms with Crippen molar-refractivity contribution in [1.82, 2.24) is 0 Å². The van der Waals surface area contributed by atoms with Crippen LogP contribution in [0.3, 0.4) is 0 Å². The Morgan fingerprint density at radius 2 is 1.67 bits per heavy atom. The SMILES string of the molecule is CCC(O)(CC)CCCC(C)C[C@H](C)[C@@]1(C)CC[C@@H](/C=C/C=C2C[C@@H](O)C[C@H](O)C2)C1(C)C. The second-order valence-corrected chi connectivity index (χ2v) is 12.5. The molecule has 2 rings (SSSR count). The van der Waals surface area contributed by atoms with Crippen LogP contribution in [0.2, 0.25) is 0 Å². The van der Waals surface area contributed by atoms with Crippen LogP contribution in [0.4, 0.5) is 0 Å². The molecule has 0 saturated heterocycles. The summed E-state index contributed by atoms with van der Waals surface area (Å²) >= 11 is 0. The molecule has 2 aliphatic rings. The van der Waals surface area contributed by atoms with Crippen LogP contribution < -0.4 is 0 Å². The van der Waals surface area contributed by atoms with E-state index in [-0.39, 0.29) is 5.41 Å². The normalized spacial score (nSPS) is 32.3. The molecule has 2 fully saturated rings. The maximum absolute atomic E-state index is 10.6. The van der Waals surface area contributed by atoms with E-state index >= 15 is 0 Å². The average molecular weight is 463 g/mol. The van der Waals surface area contributed by atoms with Crippen molar-refractivity contribution in [3.63, 3.8) is 0 Å². The van der Waals surface area contributed by atoms with Crippen LogP contribution >= 0.6 is 0 Å². The van der Waals surface area contributed by atoms with Crippen molar-refractivity contribution in [2.24, 2.45) is 28.6 Å². The van der Waals surface area contributed by atoms with Gasteiger partial charge >= 0.3 is 0 Å². The molecule has 3 N–H and O–H groups in total. The lowest BCUT2D eigenvalue weighted by atomic mass is 9.58. The predicted octanol–water partition coefficient (Wildman–Crippen LogP) is 7.20. The molecule has 0 spiro atoms. The summed E-state index contributed by atoms with van der Waals surface area (Å²) in [5, 5.41) is 30.4. The van der Waals surface area contributed by atoms with Crippen molar-refractivity contribution in [3.8, 4) is 0 Å². The van der Waals surface area contributed by atoms with Crippen LogP contribution in [-0.2, 0) is 0 Å². The maximum Gasteiger partial charge on any atom is 0.0642 e. The van der Waals surface area contributed by atoms with Gasteiger partial charge in [0.25, 0.3) is 0 Å². The first-order chi connectivity index (χ1) is 15.4. The molecule has 0 heterocycles. The fraction of sp³-hybridized carbons (Fsp3) is 0.867. The molecular formula is C30H54O3. The van der Waals surface area contributed by atoms with Gasteiger partial charge in [-0.1, -0.05) is 85.1 Å². The number of hydrogen-bond acceptors (Lipinski definition) is 3. The number of allylic oxidation sites excluding steroid dienone is 3. The maximum atomic E-state index is 10.6. The number of aliphatic hydroxyl groups is 3. The molecule has 2 aliphatic carbocycles. The first-order valence-electron chi connectivity index (χ1n) is 13.8. The lowest BCUT2D eigenvalue weighted by Crippen LogP contribution is -2.39. The molecule has 0 amide bonds. The Morgan fingerprint density at radius 1 is 1.06 bits per heavy atom. The van der Waals surface area contributed by atoms with Crippen LogP contribution in [0.5, 0.6) is 0 Å². The van der Waals surface area contributed by atoms with Gasteiger partial charge in [-0.15, -0.1) is 0 Å². The molecule has 33 heavy (non-hydrogen) atoms. The van der Waals surface area contributed by atoms with Crippen LogP contribution in [0, 0.1) is 28.6 Å². The fourth-order valence-corrected chi connectivity index (χ4v) is 6.78. The Balaban J connectivity index is 1.93. The first-order valence-corrected chi connectivity index (χ1v) is 13.8. The van der Waals surface area contributed by atoms with Crippen molar-refractivity contribution >= 4 is 0 Å². The Bertz CT molecular complexity index is 647. The lowest BCUT2D eigenvalue weighted by molar-refractivity contribution is 0.0174. The zero-order valence-corrected chi connectivity index (χ0v) is 22.7. The molecule has 0 aromatic carbocycles. The standard InChI is InChI=1S/C30H54O3/c1-8-30(33,9-2)16-11-12-22(3)18-23(4)29(7)17-15-25(28(29,5)6)14-10-13-24-19-26(31)21-27(32)20-24/h10,13-14,22-23,25-27,31-33H,8-9,11-12,15-21H2,1-7H3/b14-10+/t22?,23-,25+,26+,27+,29+/m0/s1. The average Bonchev–Trinajstić information content (AvgIpc) is 2.97. The van der Waals surface area contributed by atoms with Gasteiger partial charge in [0.05, 0.1) is 17.8 Å². The highest BCUT2D eigenvalue weighted by molar-refractivity contribution is 5.19. The number of hydrogen-bond donors (Lipinski definition) is 3. The third-order valence-electron chi connectivity index (χ3n) is 10.1. The largest absolute Gasteiger partial charge is 0.393 e. The van der Waals surface area contributed by atoms with Crippen LogP contribution in [0.15, 0.2) is 23.8 Å². The first kappa shape index (κ1) is 28.6. The Hall–Kier alpha value is -0.640. The molecule has 0 bridgehead atoms. The molecule has 2 saturated carbocycles. The summed E-state index contributed by atoms with van der Waals surface area (Å²) in [4.78, 5) is 0. The van der Waals surface area contributed by atoms with Crippen LogP contribution in [0.1, 0.15) is 119 Å². The predicted molar refractivity (Wildman–Crippen MR) is 140 cm³/mol. The van der Waals surface area contributed by atoms with Gasteiger partial charge in [0, 0.05) is 0 Å². The van der Waals surface area contributed by atoms with Gasteiger partial charge in [-0.2, -0.15) is 0 Å². The van der Waals surface area contributed by atoms with E-state index in [1.807, 2.05) is 0 Å². The Kier molecular flexibility index (Phi) is 10.3. The van der Waals surface area contributed by atoms with E-state index in [1.54, 1.807) is 0 Å². The zero-order chi connectivity index (χ0) is 24.9. The number of rotatable bonds is 11. The van der Waals surface area contributed by atoms with Crippen molar-refractivity contribution in [2.45, 2.75) is 137 Å². The highest BCUT2D eigenvalue weighted by Gasteiger charge is 2.52. The summed E-state index contributed by atoms with van der Waals surface area (Å²) in [5.74, 6) is 1.91. The third kappa shape index (κ3) is 7.18. The van der Waals surface area contributed by atoms with Crippen molar-refractivity contribution in [1.29, 1.82) is 0 Å².